The number of halogens is 2. The minimum atomic E-state index is -2.54. The summed E-state index contributed by atoms with van der Waals surface area (Å²) in [7, 11) is 0. The van der Waals surface area contributed by atoms with Crippen molar-refractivity contribution in [3.63, 3.8) is 0 Å². The molecule has 1 N–H and O–H groups in total. The first-order chi connectivity index (χ1) is 9.87. The zero-order chi connectivity index (χ0) is 15.5. The molecule has 21 heavy (non-hydrogen) atoms. The summed E-state index contributed by atoms with van der Waals surface area (Å²) in [4.78, 5) is 12.0. The van der Waals surface area contributed by atoms with Gasteiger partial charge in [0, 0.05) is 12.7 Å². The van der Waals surface area contributed by atoms with E-state index in [4.69, 9.17) is 4.74 Å². The first-order valence-electron chi connectivity index (χ1n) is 7.13. The molecule has 1 aliphatic rings. The normalized spacial score (nSPS) is 21.5. The largest absolute Gasteiger partial charge is 0.371 e. The summed E-state index contributed by atoms with van der Waals surface area (Å²) in [5.74, 6) is -0.403. The van der Waals surface area contributed by atoms with Crippen molar-refractivity contribution in [1.82, 2.24) is 15.1 Å². The van der Waals surface area contributed by atoms with Crippen LogP contribution in [0.25, 0.3) is 0 Å². The van der Waals surface area contributed by atoms with Crippen LogP contribution in [0.3, 0.4) is 0 Å². The first-order valence-corrected chi connectivity index (χ1v) is 7.13. The van der Waals surface area contributed by atoms with E-state index in [1.165, 1.54) is 12.3 Å². The molecule has 1 saturated heterocycles. The Hall–Kier alpha value is -1.50. The van der Waals surface area contributed by atoms with Gasteiger partial charge >= 0.3 is 0 Å². The standard InChI is InChI=1S/C14H21F2N3O2/c1-14(2)6-3-4-10(21-14)8-17-13(20)11-5-7-18-19(11)9-12(15)16/h5,7,10,12H,3-4,6,8-9H2,1-2H3,(H,17,20)/t10-/m1/s1. The van der Waals surface area contributed by atoms with E-state index in [1.54, 1.807) is 0 Å². The maximum Gasteiger partial charge on any atom is 0.269 e. The Balaban J connectivity index is 1.89. The Labute approximate surface area is 122 Å². The van der Waals surface area contributed by atoms with Crippen LogP contribution in [0, 0.1) is 0 Å². The SMILES string of the molecule is CC1(C)CCC[C@H](CNC(=O)c2ccnn2CC(F)F)O1. The fraction of sp³-hybridized carbons (Fsp3) is 0.714. The van der Waals surface area contributed by atoms with Gasteiger partial charge in [-0.15, -0.1) is 0 Å². The first kappa shape index (κ1) is 15.9. The highest BCUT2D eigenvalue weighted by atomic mass is 19.3. The van der Waals surface area contributed by atoms with E-state index in [1.807, 2.05) is 13.8 Å². The van der Waals surface area contributed by atoms with E-state index in [-0.39, 0.29) is 17.4 Å². The second kappa shape index (κ2) is 6.51. The molecule has 5 nitrogen and oxygen atoms in total. The smallest absolute Gasteiger partial charge is 0.269 e. The molecule has 0 bridgehead atoms. The van der Waals surface area contributed by atoms with Gasteiger partial charge in [-0.2, -0.15) is 5.10 Å². The van der Waals surface area contributed by atoms with Crippen LogP contribution < -0.4 is 5.32 Å². The highest BCUT2D eigenvalue weighted by Gasteiger charge is 2.28. The van der Waals surface area contributed by atoms with Gasteiger partial charge < -0.3 is 10.1 Å². The summed E-state index contributed by atoms with van der Waals surface area (Å²) in [6, 6.07) is 1.43. The van der Waals surface area contributed by atoms with Gasteiger partial charge in [0.15, 0.2) is 0 Å². The molecule has 1 aromatic heterocycles. The van der Waals surface area contributed by atoms with Gasteiger partial charge in [-0.25, -0.2) is 8.78 Å². The number of alkyl halides is 2. The molecule has 2 rings (SSSR count). The average Bonchev–Trinajstić information content (AvgIpc) is 2.82. The van der Waals surface area contributed by atoms with Crippen LogP contribution in [0.1, 0.15) is 43.6 Å². The van der Waals surface area contributed by atoms with Gasteiger partial charge in [0.2, 0.25) is 0 Å². The van der Waals surface area contributed by atoms with Gasteiger partial charge in [-0.05, 0) is 39.2 Å². The molecule has 0 saturated carbocycles. The minimum Gasteiger partial charge on any atom is -0.371 e. The number of nitrogens with zero attached hydrogens (tertiary/aromatic N) is 2. The molecule has 0 radical (unpaired) electrons. The summed E-state index contributed by atoms with van der Waals surface area (Å²) < 4.78 is 31.7. The third-order valence-corrected chi connectivity index (χ3v) is 3.54. The fourth-order valence-electron chi connectivity index (χ4n) is 2.57. The third kappa shape index (κ3) is 4.49. The van der Waals surface area contributed by atoms with Crippen molar-refractivity contribution < 1.29 is 18.3 Å². The Morgan fingerprint density at radius 3 is 3.05 bits per heavy atom. The zero-order valence-electron chi connectivity index (χ0n) is 12.3. The predicted molar refractivity (Wildman–Crippen MR) is 73.4 cm³/mol. The molecular weight excluding hydrogens is 280 g/mol. The molecule has 1 amide bonds. The van der Waals surface area contributed by atoms with Crippen molar-refractivity contribution >= 4 is 5.91 Å². The van der Waals surface area contributed by atoms with Gasteiger partial charge in [-0.1, -0.05) is 0 Å². The lowest BCUT2D eigenvalue weighted by Gasteiger charge is -2.36. The third-order valence-electron chi connectivity index (χ3n) is 3.54. The average molecular weight is 301 g/mol. The van der Waals surface area contributed by atoms with Gasteiger partial charge in [0.05, 0.1) is 11.7 Å². The van der Waals surface area contributed by atoms with E-state index in [0.29, 0.717) is 6.54 Å². The van der Waals surface area contributed by atoms with Crippen LogP contribution in [0.15, 0.2) is 12.3 Å². The van der Waals surface area contributed by atoms with E-state index in [2.05, 4.69) is 10.4 Å². The maximum absolute atomic E-state index is 12.4. The Kier molecular flexibility index (Phi) is 4.92. The number of aromatic nitrogens is 2. The number of ether oxygens (including phenoxy) is 1. The number of carbonyl (C=O) groups is 1. The lowest BCUT2D eigenvalue weighted by atomic mass is 9.95. The van der Waals surface area contributed by atoms with E-state index >= 15 is 0 Å². The summed E-state index contributed by atoms with van der Waals surface area (Å²) >= 11 is 0. The topological polar surface area (TPSA) is 56.2 Å². The molecule has 0 aliphatic carbocycles. The number of rotatable bonds is 5. The lowest BCUT2D eigenvalue weighted by Crippen LogP contribution is -2.42. The highest BCUT2D eigenvalue weighted by Crippen LogP contribution is 2.27. The number of amides is 1. The fourth-order valence-corrected chi connectivity index (χ4v) is 2.57. The van der Waals surface area contributed by atoms with Gasteiger partial charge in [0.25, 0.3) is 12.3 Å². The molecule has 0 unspecified atom stereocenters. The van der Waals surface area contributed by atoms with Crippen molar-refractivity contribution in [2.45, 2.75) is 57.8 Å². The van der Waals surface area contributed by atoms with Crippen molar-refractivity contribution in [3.05, 3.63) is 18.0 Å². The molecule has 0 aromatic carbocycles. The molecule has 1 aliphatic heterocycles. The van der Waals surface area contributed by atoms with Crippen LogP contribution in [0.4, 0.5) is 8.78 Å². The van der Waals surface area contributed by atoms with E-state index in [9.17, 15) is 13.6 Å². The highest BCUT2D eigenvalue weighted by molar-refractivity contribution is 5.92. The van der Waals surface area contributed by atoms with Crippen LogP contribution in [-0.4, -0.2) is 40.4 Å². The van der Waals surface area contributed by atoms with E-state index < -0.39 is 18.9 Å². The lowest BCUT2D eigenvalue weighted by molar-refractivity contribution is -0.104. The van der Waals surface area contributed by atoms with E-state index in [0.717, 1.165) is 23.9 Å². The molecular formula is C14H21F2N3O2. The Morgan fingerprint density at radius 1 is 1.62 bits per heavy atom. The summed E-state index contributed by atoms with van der Waals surface area (Å²) in [6.07, 6.45) is 1.70. The molecule has 2 heterocycles. The van der Waals surface area contributed by atoms with Crippen molar-refractivity contribution in [1.29, 1.82) is 0 Å². The molecule has 7 heteroatoms. The zero-order valence-corrected chi connectivity index (χ0v) is 12.3. The van der Waals surface area contributed by atoms with Crippen molar-refractivity contribution in [3.8, 4) is 0 Å². The maximum atomic E-state index is 12.4. The Morgan fingerprint density at radius 2 is 2.38 bits per heavy atom. The summed E-state index contributed by atoms with van der Waals surface area (Å²) in [5, 5.41) is 6.48. The number of carbonyl (C=O) groups excluding carboxylic acids is 1. The second-order valence-corrected chi connectivity index (χ2v) is 5.89. The predicted octanol–water partition coefficient (Wildman–Crippen LogP) is 2.23. The molecule has 1 atom stereocenters. The number of hydrogen-bond acceptors (Lipinski definition) is 3. The van der Waals surface area contributed by atoms with Gasteiger partial charge in [0.1, 0.15) is 12.2 Å². The van der Waals surface area contributed by atoms with Crippen molar-refractivity contribution in [2.75, 3.05) is 6.54 Å². The quantitative estimate of drug-likeness (QED) is 0.907. The molecule has 118 valence electrons. The van der Waals surface area contributed by atoms with Crippen LogP contribution in [0.5, 0.6) is 0 Å². The monoisotopic (exact) mass is 301 g/mol. The molecule has 0 spiro atoms. The summed E-state index contributed by atoms with van der Waals surface area (Å²) in [6.45, 7) is 3.85. The van der Waals surface area contributed by atoms with Gasteiger partial charge in [-0.3, -0.25) is 9.48 Å². The molecule has 1 aromatic rings. The Bertz CT molecular complexity index is 488. The second-order valence-electron chi connectivity index (χ2n) is 5.89. The molecule has 1 fully saturated rings. The van der Waals surface area contributed by atoms with Crippen LogP contribution in [0.2, 0.25) is 0 Å². The number of nitrogens with one attached hydrogen (secondary N) is 1. The summed E-state index contributed by atoms with van der Waals surface area (Å²) in [5.41, 5.74) is -0.0316. The van der Waals surface area contributed by atoms with Crippen LogP contribution in [-0.2, 0) is 11.3 Å². The number of hydrogen-bond donors (Lipinski definition) is 1. The van der Waals surface area contributed by atoms with Crippen molar-refractivity contribution in [2.24, 2.45) is 0 Å². The minimum absolute atomic E-state index is 0.0378. The van der Waals surface area contributed by atoms with Crippen LogP contribution >= 0.6 is 0 Å².